The van der Waals surface area contributed by atoms with Gasteiger partial charge in [-0.05, 0) is 59.2 Å². The van der Waals surface area contributed by atoms with Crippen LogP contribution in [-0.2, 0) is 4.74 Å². The molecule has 0 aromatic heterocycles. The molecule has 0 bridgehead atoms. The molecule has 21 heavy (non-hydrogen) atoms. The van der Waals surface area contributed by atoms with Crippen LogP contribution in [0.15, 0.2) is 18.2 Å². The normalized spacial score (nSPS) is 13.2. The summed E-state index contributed by atoms with van der Waals surface area (Å²) in [5, 5.41) is 3.51. The van der Waals surface area contributed by atoms with E-state index < -0.39 is 0 Å². The predicted molar refractivity (Wildman–Crippen MR) is 89.1 cm³/mol. The average molecular weight is 293 g/mol. The van der Waals surface area contributed by atoms with Gasteiger partial charge in [-0.15, -0.1) is 0 Å². The fraction of sp³-hybridized carbons (Fsp3) is 0.667. The number of hydrogen-bond acceptors (Lipinski definition) is 3. The number of hydrogen-bond donors (Lipinski definition) is 1. The summed E-state index contributed by atoms with van der Waals surface area (Å²) in [5.41, 5.74) is 2.31. The van der Waals surface area contributed by atoms with Crippen LogP contribution in [0.4, 0.5) is 0 Å². The van der Waals surface area contributed by atoms with Gasteiger partial charge in [0, 0.05) is 11.6 Å². The van der Waals surface area contributed by atoms with Crippen molar-refractivity contribution in [2.24, 2.45) is 0 Å². The van der Waals surface area contributed by atoms with Gasteiger partial charge in [0.25, 0.3) is 0 Å². The van der Waals surface area contributed by atoms with Crippen LogP contribution < -0.4 is 10.1 Å². The number of rotatable bonds is 8. The molecule has 0 fully saturated rings. The lowest BCUT2D eigenvalue weighted by molar-refractivity contribution is -0.0164. The third-order valence-corrected chi connectivity index (χ3v) is 3.21. The molecule has 0 amide bonds. The van der Waals surface area contributed by atoms with Gasteiger partial charge in [0.2, 0.25) is 0 Å². The van der Waals surface area contributed by atoms with E-state index in [-0.39, 0.29) is 5.60 Å². The predicted octanol–water partition coefficient (Wildman–Crippen LogP) is 4.25. The molecule has 0 radical (unpaired) electrons. The van der Waals surface area contributed by atoms with E-state index in [1.807, 2.05) is 0 Å². The molecule has 0 spiro atoms. The van der Waals surface area contributed by atoms with Crippen LogP contribution in [0, 0.1) is 6.92 Å². The minimum atomic E-state index is -0.116. The van der Waals surface area contributed by atoms with E-state index in [0.717, 1.165) is 18.7 Å². The summed E-state index contributed by atoms with van der Waals surface area (Å²) in [4.78, 5) is 0. The maximum Gasteiger partial charge on any atom is 0.124 e. The Labute approximate surface area is 130 Å². The SMILES string of the molecule is CCCNC(C)c1ccc(C)cc1OCCOC(C)(C)C. The Bertz CT molecular complexity index is 424. The van der Waals surface area contributed by atoms with Crippen LogP contribution in [0.1, 0.15) is 58.2 Å². The van der Waals surface area contributed by atoms with Gasteiger partial charge in [-0.3, -0.25) is 0 Å². The van der Waals surface area contributed by atoms with Gasteiger partial charge in [-0.2, -0.15) is 0 Å². The van der Waals surface area contributed by atoms with Crippen molar-refractivity contribution in [2.45, 2.75) is 59.6 Å². The van der Waals surface area contributed by atoms with Crippen molar-refractivity contribution < 1.29 is 9.47 Å². The lowest BCUT2D eigenvalue weighted by atomic mass is 10.0. The van der Waals surface area contributed by atoms with Gasteiger partial charge in [0.05, 0.1) is 12.2 Å². The summed E-state index contributed by atoms with van der Waals surface area (Å²) in [6, 6.07) is 6.70. The Kier molecular flexibility index (Phi) is 7.20. The maximum atomic E-state index is 5.95. The molecule has 3 nitrogen and oxygen atoms in total. The molecule has 120 valence electrons. The van der Waals surface area contributed by atoms with E-state index in [0.29, 0.717) is 19.3 Å². The van der Waals surface area contributed by atoms with Crippen molar-refractivity contribution in [1.82, 2.24) is 5.32 Å². The van der Waals surface area contributed by atoms with Crippen LogP contribution in [0.25, 0.3) is 0 Å². The van der Waals surface area contributed by atoms with E-state index >= 15 is 0 Å². The Morgan fingerprint density at radius 3 is 2.52 bits per heavy atom. The van der Waals surface area contributed by atoms with Gasteiger partial charge in [-0.1, -0.05) is 19.1 Å². The van der Waals surface area contributed by atoms with Crippen molar-refractivity contribution in [1.29, 1.82) is 0 Å². The molecule has 1 rings (SSSR count). The van der Waals surface area contributed by atoms with Crippen molar-refractivity contribution in [2.75, 3.05) is 19.8 Å². The van der Waals surface area contributed by atoms with Crippen LogP contribution in [0.5, 0.6) is 5.75 Å². The summed E-state index contributed by atoms with van der Waals surface area (Å²) < 4.78 is 11.7. The first kappa shape index (κ1) is 18.0. The molecule has 0 saturated heterocycles. The smallest absolute Gasteiger partial charge is 0.124 e. The molecule has 1 atom stereocenters. The molecule has 0 aliphatic carbocycles. The second-order valence-corrected chi connectivity index (χ2v) is 6.53. The molecular weight excluding hydrogens is 262 g/mol. The minimum absolute atomic E-state index is 0.116. The molecule has 0 aliphatic heterocycles. The Balaban J connectivity index is 2.64. The third-order valence-electron chi connectivity index (χ3n) is 3.21. The fourth-order valence-electron chi connectivity index (χ4n) is 2.09. The van der Waals surface area contributed by atoms with Crippen molar-refractivity contribution in [3.05, 3.63) is 29.3 Å². The van der Waals surface area contributed by atoms with Gasteiger partial charge >= 0.3 is 0 Å². The lowest BCUT2D eigenvalue weighted by Crippen LogP contribution is -2.23. The Morgan fingerprint density at radius 2 is 1.90 bits per heavy atom. The van der Waals surface area contributed by atoms with E-state index in [1.165, 1.54) is 11.1 Å². The molecule has 0 saturated carbocycles. The number of benzene rings is 1. The average Bonchev–Trinajstić information content (AvgIpc) is 2.40. The highest BCUT2D eigenvalue weighted by Crippen LogP contribution is 2.26. The van der Waals surface area contributed by atoms with Crippen LogP contribution in [0.2, 0.25) is 0 Å². The topological polar surface area (TPSA) is 30.5 Å². The first-order valence-corrected chi connectivity index (χ1v) is 7.94. The summed E-state index contributed by atoms with van der Waals surface area (Å²) in [6.45, 7) is 14.8. The molecule has 0 aliphatic rings. The highest BCUT2D eigenvalue weighted by Gasteiger charge is 2.13. The number of nitrogens with one attached hydrogen (secondary N) is 1. The van der Waals surface area contributed by atoms with Crippen LogP contribution in [-0.4, -0.2) is 25.4 Å². The molecule has 1 N–H and O–H groups in total. The first-order chi connectivity index (χ1) is 9.83. The standard InChI is InChI=1S/C18H31NO2/c1-7-10-19-15(3)16-9-8-14(2)13-17(16)20-11-12-21-18(4,5)6/h8-9,13,15,19H,7,10-12H2,1-6H3. The monoisotopic (exact) mass is 293 g/mol. The van der Waals surface area contributed by atoms with Crippen molar-refractivity contribution in [3.63, 3.8) is 0 Å². The van der Waals surface area contributed by atoms with Crippen LogP contribution in [0.3, 0.4) is 0 Å². The van der Waals surface area contributed by atoms with Gasteiger partial charge < -0.3 is 14.8 Å². The first-order valence-electron chi connectivity index (χ1n) is 7.94. The van der Waals surface area contributed by atoms with E-state index in [2.05, 4.69) is 65.1 Å². The summed E-state index contributed by atoms with van der Waals surface area (Å²) in [6.07, 6.45) is 1.13. The van der Waals surface area contributed by atoms with Crippen LogP contribution >= 0.6 is 0 Å². The zero-order valence-corrected chi connectivity index (χ0v) is 14.5. The van der Waals surface area contributed by atoms with E-state index in [4.69, 9.17) is 9.47 Å². The summed E-state index contributed by atoms with van der Waals surface area (Å²) >= 11 is 0. The molecule has 1 unspecified atom stereocenters. The summed E-state index contributed by atoms with van der Waals surface area (Å²) in [5.74, 6) is 0.962. The van der Waals surface area contributed by atoms with Gasteiger partial charge in [-0.25, -0.2) is 0 Å². The zero-order chi connectivity index (χ0) is 15.9. The lowest BCUT2D eigenvalue weighted by Gasteiger charge is -2.21. The molecule has 0 heterocycles. The Hall–Kier alpha value is -1.06. The van der Waals surface area contributed by atoms with E-state index in [9.17, 15) is 0 Å². The minimum Gasteiger partial charge on any atom is -0.491 e. The van der Waals surface area contributed by atoms with Gasteiger partial charge in [0.1, 0.15) is 12.4 Å². The fourth-order valence-corrected chi connectivity index (χ4v) is 2.09. The Morgan fingerprint density at radius 1 is 1.19 bits per heavy atom. The molecular formula is C18H31NO2. The highest BCUT2D eigenvalue weighted by molar-refractivity contribution is 5.39. The number of ether oxygens (including phenoxy) is 2. The largest absolute Gasteiger partial charge is 0.491 e. The zero-order valence-electron chi connectivity index (χ0n) is 14.5. The van der Waals surface area contributed by atoms with Gasteiger partial charge in [0.15, 0.2) is 0 Å². The quantitative estimate of drug-likeness (QED) is 0.727. The van der Waals surface area contributed by atoms with E-state index in [1.54, 1.807) is 0 Å². The second kappa shape index (κ2) is 8.40. The molecule has 1 aromatic carbocycles. The second-order valence-electron chi connectivity index (χ2n) is 6.53. The van der Waals surface area contributed by atoms with Crippen molar-refractivity contribution in [3.8, 4) is 5.75 Å². The highest BCUT2D eigenvalue weighted by atomic mass is 16.5. The summed E-state index contributed by atoms with van der Waals surface area (Å²) in [7, 11) is 0. The third kappa shape index (κ3) is 6.96. The van der Waals surface area contributed by atoms with Crippen molar-refractivity contribution >= 4 is 0 Å². The molecule has 3 heteroatoms. The maximum absolute atomic E-state index is 5.95. The number of aryl methyl sites for hydroxylation is 1. The molecule has 1 aromatic rings.